The number of nitrogens with two attached hydrogens (primary N) is 1. The van der Waals surface area contributed by atoms with Crippen LogP contribution in [0.2, 0.25) is 0 Å². The van der Waals surface area contributed by atoms with Crippen molar-refractivity contribution in [2.24, 2.45) is 5.73 Å². The zero-order chi connectivity index (χ0) is 12.8. The summed E-state index contributed by atoms with van der Waals surface area (Å²) in [6, 6.07) is -0.847. The molecule has 0 spiro atoms. The van der Waals surface area contributed by atoms with E-state index in [4.69, 9.17) is 10.8 Å². The average molecular weight is 258 g/mol. The molecule has 1 unspecified atom stereocenters. The van der Waals surface area contributed by atoms with E-state index in [1.807, 2.05) is 6.92 Å². The van der Waals surface area contributed by atoms with Gasteiger partial charge in [0.25, 0.3) is 0 Å². The highest BCUT2D eigenvalue weighted by molar-refractivity contribution is 7.15. The minimum absolute atomic E-state index is 0.0978. The van der Waals surface area contributed by atoms with Crippen molar-refractivity contribution in [3.8, 4) is 0 Å². The molecule has 1 atom stereocenters. The highest BCUT2D eigenvalue weighted by Gasteiger charge is 2.16. The molecular weight excluding hydrogens is 244 g/mol. The maximum absolute atomic E-state index is 11.5. The van der Waals surface area contributed by atoms with Gasteiger partial charge in [-0.05, 0) is 12.8 Å². The lowest BCUT2D eigenvalue weighted by molar-refractivity contribution is -0.137. The van der Waals surface area contributed by atoms with E-state index >= 15 is 0 Å². The molecule has 0 aliphatic rings. The second kappa shape index (κ2) is 6.26. The van der Waals surface area contributed by atoms with Crippen LogP contribution < -0.4 is 11.1 Å². The summed E-state index contributed by atoms with van der Waals surface area (Å²) < 4.78 is 0. The molecule has 0 aromatic carbocycles. The molecule has 1 heterocycles. The quantitative estimate of drug-likeness (QED) is 0.672. The number of carboxylic acid groups (broad SMARTS) is 1. The van der Waals surface area contributed by atoms with E-state index in [1.54, 1.807) is 0 Å². The van der Waals surface area contributed by atoms with Crippen LogP contribution >= 0.6 is 11.3 Å². The predicted molar refractivity (Wildman–Crippen MR) is 62.8 cm³/mol. The Morgan fingerprint density at radius 1 is 1.53 bits per heavy atom. The van der Waals surface area contributed by atoms with Gasteiger partial charge < -0.3 is 10.8 Å². The Labute approximate surface area is 102 Å². The lowest BCUT2D eigenvalue weighted by atomic mass is 10.1. The summed E-state index contributed by atoms with van der Waals surface area (Å²) in [6.45, 7) is 1.94. The fourth-order valence-corrected chi connectivity index (χ4v) is 1.74. The van der Waals surface area contributed by atoms with Crippen molar-refractivity contribution in [1.82, 2.24) is 10.2 Å². The first-order valence-corrected chi connectivity index (χ1v) is 5.95. The first kappa shape index (κ1) is 13.5. The highest BCUT2D eigenvalue weighted by atomic mass is 32.1. The SMILES string of the molecule is CCc1nnc(NC(=O)C(N)CCC(=O)O)s1. The van der Waals surface area contributed by atoms with Gasteiger partial charge in [-0.2, -0.15) is 0 Å². The van der Waals surface area contributed by atoms with Gasteiger partial charge in [0, 0.05) is 6.42 Å². The Morgan fingerprint density at radius 2 is 2.24 bits per heavy atom. The lowest BCUT2D eigenvalue weighted by Gasteiger charge is -2.08. The molecule has 17 heavy (non-hydrogen) atoms. The van der Waals surface area contributed by atoms with Crippen LogP contribution in [0.3, 0.4) is 0 Å². The number of carbonyl (C=O) groups excluding carboxylic acids is 1. The van der Waals surface area contributed by atoms with Gasteiger partial charge in [-0.25, -0.2) is 0 Å². The van der Waals surface area contributed by atoms with E-state index < -0.39 is 17.9 Å². The van der Waals surface area contributed by atoms with Crippen LogP contribution in [-0.4, -0.2) is 33.2 Å². The maximum Gasteiger partial charge on any atom is 0.303 e. The molecule has 7 nitrogen and oxygen atoms in total. The number of aryl methyl sites for hydroxylation is 1. The van der Waals surface area contributed by atoms with E-state index in [1.165, 1.54) is 11.3 Å². The highest BCUT2D eigenvalue weighted by Crippen LogP contribution is 2.15. The van der Waals surface area contributed by atoms with Gasteiger partial charge in [-0.3, -0.25) is 14.9 Å². The van der Waals surface area contributed by atoms with Gasteiger partial charge >= 0.3 is 5.97 Å². The fourth-order valence-electron chi connectivity index (χ4n) is 1.06. The number of nitrogens with zero attached hydrogens (tertiary/aromatic N) is 2. The molecule has 1 rings (SSSR count). The zero-order valence-electron chi connectivity index (χ0n) is 9.34. The third-order valence-corrected chi connectivity index (χ3v) is 2.99. The zero-order valence-corrected chi connectivity index (χ0v) is 10.2. The molecule has 0 saturated carbocycles. The average Bonchev–Trinajstić information content (AvgIpc) is 2.73. The third-order valence-electron chi connectivity index (χ3n) is 2.01. The smallest absolute Gasteiger partial charge is 0.303 e. The summed E-state index contributed by atoms with van der Waals surface area (Å²) in [4.78, 5) is 21.9. The summed E-state index contributed by atoms with van der Waals surface area (Å²) in [5.74, 6) is -1.41. The molecular formula is C9H14N4O3S. The molecule has 1 aromatic heterocycles. The molecule has 94 valence electrons. The second-order valence-electron chi connectivity index (χ2n) is 3.38. The molecule has 0 aliphatic heterocycles. The minimum Gasteiger partial charge on any atom is -0.481 e. The van der Waals surface area contributed by atoms with Crippen molar-refractivity contribution in [1.29, 1.82) is 0 Å². The Kier molecular flexibility index (Phi) is 4.98. The minimum atomic E-state index is -0.975. The Morgan fingerprint density at radius 3 is 2.76 bits per heavy atom. The van der Waals surface area contributed by atoms with Gasteiger partial charge in [0.1, 0.15) is 5.01 Å². The van der Waals surface area contributed by atoms with Crippen LogP contribution in [0, 0.1) is 0 Å². The largest absolute Gasteiger partial charge is 0.481 e. The molecule has 1 aromatic rings. The van der Waals surface area contributed by atoms with Crippen molar-refractivity contribution in [3.63, 3.8) is 0 Å². The number of rotatable bonds is 6. The number of nitrogens with one attached hydrogen (secondary N) is 1. The molecule has 0 fully saturated rings. The molecule has 1 amide bonds. The van der Waals surface area contributed by atoms with Gasteiger partial charge in [0.2, 0.25) is 11.0 Å². The summed E-state index contributed by atoms with van der Waals surface area (Å²) in [5.41, 5.74) is 5.53. The van der Waals surface area contributed by atoms with Gasteiger partial charge in [0.15, 0.2) is 0 Å². The van der Waals surface area contributed by atoms with E-state index in [0.29, 0.717) is 5.13 Å². The van der Waals surface area contributed by atoms with Crippen LogP contribution in [0.4, 0.5) is 5.13 Å². The van der Waals surface area contributed by atoms with Crippen molar-refractivity contribution >= 4 is 28.3 Å². The third kappa shape index (κ3) is 4.45. The Hall–Kier alpha value is -1.54. The molecule has 8 heteroatoms. The standard InChI is InChI=1S/C9H14N4O3S/c1-2-6-12-13-9(17-6)11-8(16)5(10)3-4-7(14)15/h5H,2-4,10H2,1H3,(H,14,15)(H,11,13,16). The first-order valence-electron chi connectivity index (χ1n) is 5.13. The molecule has 0 saturated heterocycles. The Balaban J connectivity index is 2.45. The van der Waals surface area contributed by atoms with E-state index in [9.17, 15) is 9.59 Å². The van der Waals surface area contributed by atoms with Crippen LogP contribution in [-0.2, 0) is 16.0 Å². The van der Waals surface area contributed by atoms with Gasteiger partial charge in [-0.15, -0.1) is 10.2 Å². The van der Waals surface area contributed by atoms with Crippen LogP contribution in [0.15, 0.2) is 0 Å². The number of carbonyl (C=O) groups is 2. The molecule has 4 N–H and O–H groups in total. The van der Waals surface area contributed by atoms with Gasteiger partial charge in [0.05, 0.1) is 6.04 Å². The van der Waals surface area contributed by atoms with Gasteiger partial charge in [-0.1, -0.05) is 18.3 Å². The Bertz CT molecular complexity index is 407. The van der Waals surface area contributed by atoms with E-state index in [0.717, 1.165) is 11.4 Å². The summed E-state index contributed by atoms with van der Waals surface area (Å²) in [5, 5.41) is 19.8. The summed E-state index contributed by atoms with van der Waals surface area (Å²) in [6.07, 6.45) is 0.712. The fraction of sp³-hybridized carbons (Fsp3) is 0.556. The second-order valence-corrected chi connectivity index (χ2v) is 4.44. The van der Waals surface area contributed by atoms with Crippen molar-refractivity contribution in [2.45, 2.75) is 32.2 Å². The van der Waals surface area contributed by atoms with Crippen LogP contribution in [0.25, 0.3) is 0 Å². The number of aliphatic carboxylic acids is 1. The maximum atomic E-state index is 11.5. The van der Waals surface area contributed by atoms with Crippen molar-refractivity contribution < 1.29 is 14.7 Å². The van der Waals surface area contributed by atoms with Crippen LogP contribution in [0.1, 0.15) is 24.8 Å². The molecule has 0 bridgehead atoms. The topological polar surface area (TPSA) is 118 Å². The molecule has 0 radical (unpaired) electrons. The lowest BCUT2D eigenvalue weighted by Crippen LogP contribution is -2.36. The monoisotopic (exact) mass is 258 g/mol. The summed E-state index contributed by atoms with van der Waals surface area (Å²) in [7, 11) is 0. The number of aromatic nitrogens is 2. The summed E-state index contributed by atoms with van der Waals surface area (Å²) >= 11 is 1.28. The van der Waals surface area contributed by atoms with Crippen molar-refractivity contribution in [3.05, 3.63) is 5.01 Å². The van der Waals surface area contributed by atoms with E-state index in [-0.39, 0.29) is 12.8 Å². The van der Waals surface area contributed by atoms with Crippen LogP contribution in [0.5, 0.6) is 0 Å². The van der Waals surface area contributed by atoms with E-state index in [2.05, 4.69) is 15.5 Å². The van der Waals surface area contributed by atoms with Crippen molar-refractivity contribution in [2.75, 3.05) is 5.32 Å². The number of amides is 1. The predicted octanol–water partition coefficient (Wildman–Crippen LogP) is 0.231. The number of carboxylic acids is 1. The number of anilines is 1. The number of hydrogen-bond acceptors (Lipinski definition) is 6. The first-order chi connectivity index (χ1) is 8.02. The number of hydrogen-bond donors (Lipinski definition) is 3. The molecule has 0 aliphatic carbocycles. The normalized spacial score (nSPS) is 12.1.